The standard InChI is InChI=1S/C10H11BrO2S/c1-8(12)5-6-14(13)10-4-2-3-9(11)7-10/h2-4,7H,5-6H2,1H3. The lowest BCUT2D eigenvalue weighted by molar-refractivity contribution is -0.116. The molecule has 0 amide bonds. The van der Waals surface area contributed by atoms with Gasteiger partial charge in [0.05, 0.1) is 10.8 Å². The average Bonchev–Trinajstić information content (AvgIpc) is 2.14. The molecule has 0 saturated heterocycles. The van der Waals surface area contributed by atoms with E-state index in [1.807, 2.05) is 18.2 Å². The molecule has 0 aliphatic carbocycles. The van der Waals surface area contributed by atoms with Crippen LogP contribution in [-0.2, 0) is 15.6 Å². The van der Waals surface area contributed by atoms with Gasteiger partial charge in [-0.15, -0.1) is 0 Å². The lowest BCUT2D eigenvalue weighted by Crippen LogP contribution is -2.02. The molecule has 0 bridgehead atoms. The molecule has 0 spiro atoms. The van der Waals surface area contributed by atoms with Crippen LogP contribution in [0.2, 0.25) is 0 Å². The fourth-order valence-corrected chi connectivity index (χ4v) is 2.71. The van der Waals surface area contributed by atoms with Gasteiger partial charge >= 0.3 is 0 Å². The summed E-state index contributed by atoms with van der Waals surface area (Å²) >= 11 is 3.31. The first-order chi connectivity index (χ1) is 6.59. The molecule has 1 unspecified atom stereocenters. The highest BCUT2D eigenvalue weighted by atomic mass is 79.9. The van der Waals surface area contributed by atoms with E-state index in [0.717, 1.165) is 9.37 Å². The minimum Gasteiger partial charge on any atom is -0.300 e. The summed E-state index contributed by atoms with van der Waals surface area (Å²) in [5.41, 5.74) is 0. The number of carbonyl (C=O) groups is 1. The van der Waals surface area contributed by atoms with Crippen molar-refractivity contribution in [3.63, 3.8) is 0 Å². The largest absolute Gasteiger partial charge is 0.300 e. The van der Waals surface area contributed by atoms with Crippen LogP contribution in [0.4, 0.5) is 0 Å². The van der Waals surface area contributed by atoms with Gasteiger partial charge in [-0.05, 0) is 25.1 Å². The van der Waals surface area contributed by atoms with Crippen molar-refractivity contribution in [2.45, 2.75) is 18.2 Å². The third-order valence-electron chi connectivity index (χ3n) is 1.70. The molecule has 0 N–H and O–H groups in total. The molecule has 0 aromatic heterocycles. The van der Waals surface area contributed by atoms with E-state index in [1.165, 1.54) is 6.92 Å². The normalized spacial score (nSPS) is 12.4. The lowest BCUT2D eigenvalue weighted by Gasteiger charge is -2.00. The second-order valence-electron chi connectivity index (χ2n) is 2.96. The summed E-state index contributed by atoms with van der Waals surface area (Å²) in [5.74, 6) is 0.486. The van der Waals surface area contributed by atoms with Gasteiger partial charge in [0, 0.05) is 21.5 Å². The van der Waals surface area contributed by atoms with Crippen molar-refractivity contribution in [1.29, 1.82) is 0 Å². The molecular weight excluding hydrogens is 264 g/mol. The zero-order chi connectivity index (χ0) is 10.6. The van der Waals surface area contributed by atoms with E-state index in [4.69, 9.17) is 0 Å². The second-order valence-corrected chi connectivity index (χ2v) is 5.45. The topological polar surface area (TPSA) is 34.1 Å². The van der Waals surface area contributed by atoms with Gasteiger partial charge in [0.25, 0.3) is 0 Å². The van der Waals surface area contributed by atoms with E-state index >= 15 is 0 Å². The molecule has 14 heavy (non-hydrogen) atoms. The number of Topliss-reactive ketones (excluding diaryl/α,β-unsaturated/α-hetero) is 1. The minimum absolute atomic E-state index is 0.0772. The highest BCUT2D eigenvalue weighted by molar-refractivity contribution is 9.10. The van der Waals surface area contributed by atoms with E-state index in [2.05, 4.69) is 15.9 Å². The predicted octanol–water partition coefficient (Wildman–Crippen LogP) is 2.54. The summed E-state index contributed by atoms with van der Waals surface area (Å²) in [6, 6.07) is 7.34. The molecule has 2 nitrogen and oxygen atoms in total. The highest BCUT2D eigenvalue weighted by Crippen LogP contribution is 2.15. The molecule has 1 aromatic carbocycles. The van der Waals surface area contributed by atoms with Gasteiger partial charge in [0.15, 0.2) is 0 Å². The van der Waals surface area contributed by atoms with E-state index in [1.54, 1.807) is 6.07 Å². The van der Waals surface area contributed by atoms with E-state index in [9.17, 15) is 9.00 Å². The van der Waals surface area contributed by atoms with Gasteiger partial charge in [-0.25, -0.2) is 0 Å². The molecule has 0 heterocycles. The summed E-state index contributed by atoms with van der Waals surface area (Å²) in [7, 11) is -1.07. The maximum atomic E-state index is 11.6. The molecule has 0 aliphatic rings. The zero-order valence-corrected chi connectivity index (χ0v) is 10.2. The Bertz CT molecular complexity index is 363. The van der Waals surface area contributed by atoms with Crippen LogP contribution >= 0.6 is 15.9 Å². The Morgan fingerprint density at radius 2 is 2.21 bits per heavy atom. The van der Waals surface area contributed by atoms with Crippen LogP contribution in [0.1, 0.15) is 13.3 Å². The zero-order valence-electron chi connectivity index (χ0n) is 7.83. The fraction of sp³-hybridized carbons (Fsp3) is 0.300. The van der Waals surface area contributed by atoms with Gasteiger partial charge < -0.3 is 0 Å². The third kappa shape index (κ3) is 3.72. The molecule has 1 aromatic rings. The van der Waals surface area contributed by atoms with Crippen LogP contribution in [0.5, 0.6) is 0 Å². The van der Waals surface area contributed by atoms with E-state index in [-0.39, 0.29) is 5.78 Å². The maximum absolute atomic E-state index is 11.6. The Labute approximate surface area is 94.3 Å². The molecule has 0 radical (unpaired) electrons. The summed E-state index contributed by atoms with van der Waals surface area (Å²) in [4.78, 5) is 11.5. The number of rotatable bonds is 4. The van der Waals surface area contributed by atoms with Crippen LogP contribution in [0.25, 0.3) is 0 Å². The number of benzene rings is 1. The van der Waals surface area contributed by atoms with Gasteiger partial charge in [-0.3, -0.25) is 9.00 Å². The highest BCUT2D eigenvalue weighted by Gasteiger charge is 2.05. The van der Waals surface area contributed by atoms with Crippen LogP contribution < -0.4 is 0 Å². The van der Waals surface area contributed by atoms with Crippen molar-refractivity contribution in [3.05, 3.63) is 28.7 Å². The van der Waals surface area contributed by atoms with Crippen LogP contribution in [0.15, 0.2) is 33.6 Å². The van der Waals surface area contributed by atoms with Crippen molar-refractivity contribution >= 4 is 32.5 Å². The monoisotopic (exact) mass is 274 g/mol. The minimum atomic E-state index is -1.07. The molecule has 4 heteroatoms. The molecule has 0 saturated carbocycles. The Hall–Kier alpha value is -0.480. The number of hydrogen-bond donors (Lipinski definition) is 0. The summed E-state index contributed by atoms with van der Waals surface area (Å²) in [6.45, 7) is 1.51. The first kappa shape index (κ1) is 11.6. The number of carbonyl (C=O) groups excluding carboxylic acids is 1. The molecule has 0 aliphatic heterocycles. The van der Waals surface area contributed by atoms with E-state index in [0.29, 0.717) is 12.2 Å². The molecular formula is C10H11BrO2S. The van der Waals surface area contributed by atoms with Gasteiger partial charge in [0.1, 0.15) is 5.78 Å². The quantitative estimate of drug-likeness (QED) is 0.846. The SMILES string of the molecule is CC(=O)CCS(=O)c1cccc(Br)c1. The predicted molar refractivity (Wildman–Crippen MR) is 60.7 cm³/mol. The van der Waals surface area contributed by atoms with E-state index < -0.39 is 10.8 Å². The van der Waals surface area contributed by atoms with Gasteiger partial charge in [-0.2, -0.15) is 0 Å². The van der Waals surface area contributed by atoms with Crippen molar-refractivity contribution in [2.24, 2.45) is 0 Å². The van der Waals surface area contributed by atoms with Crippen molar-refractivity contribution in [2.75, 3.05) is 5.75 Å². The maximum Gasteiger partial charge on any atom is 0.130 e. The van der Waals surface area contributed by atoms with Crippen molar-refractivity contribution < 1.29 is 9.00 Å². The number of ketones is 1. The van der Waals surface area contributed by atoms with Crippen LogP contribution in [0.3, 0.4) is 0 Å². The fourth-order valence-electron chi connectivity index (χ4n) is 0.963. The van der Waals surface area contributed by atoms with Gasteiger partial charge in [-0.1, -0.05) is 22.0 Å². The Morgan fingerprint density at radius 1 is 1.50 bits per heavy atom. The first-order valence-corrected chi connectivity index (χ1v) is 6.34. The molecule has 1 rings (SSSR count). The average molecular weight is 275 g/mol. The summed E-state index contributed by atoms with van der Waals surface area (Å²) in [5, 5.41) is 0. The second kappa shape index (κ2) is 5.41. The van der Waals surface area contributed by atoms with Crippen LogP contribution in [-0.4, -0.2) is 15.7 Å². The third-order valence-corrected chi connectivity index (χ3v) is 3.55. The Kier molecular flexibility index (Phi) is 4.48. The Morgan fingerprint density at radius 3 is 2.79 bits per heavy atom. The first-order valence-electron chi connectivity index (χ1n) is 4.23. The summed E-state index contributed by atoms with van der Waals surface area (Å²) < 4.78 is 12.5. The summed E-state index contributed by atoms with van der Waals surface area (Å²) in [6.07, 6.45) is 0.374. The lowest BCUT2D eigenvalue weighted by atomic mass is 10.4. The number of hydrogen-bond acceptors (Lipinski definition) is 2. The molecule has 76 valence electrons. The molecule has 0 fully saturated rings. The number of halogens is 1. The van der Waals surface area contributed by atoms with Crippen LogP contribution in [0, 0.1) is 0 Å². The molecule has 1 atom stereocenters. The van der Waals surface area contributed by atoms with Crippen molar-refractivity contribution in [1.82, 2.24) is 0 Å². The smallest absolute Gasteiger partial charge is 0.130 e. The van der Waals surface area contributed by atoms with Crippen molar-refractivity contribution in [3.8, 4) is 0 Å². The van der Waals surface area contributed by atoms with Gasteiger partial charge in [0.2, 0.25) is 0 Å². The Balaban J connectivity index is 2.65.